The molecule has 0 aromatic heterocycles. The molecule has 0 bridgehead atoms. The minimum atomic E-state index is -0.109. The van der Waals surface area contributed by atoms with Gasteiger partial charge >= 0.3 is 0 Å². The van der Waals surface area contributed by atoms with E-state index >= 15 is 0 Å². The second-order valence-electron chi connectivity index (χ2n) is 9.65. The van der Waals surface area contributed by atoms with E-state index in [4.69, 9.17) is 21.1 Å². The second kappa shape index (κ2) is 13.2. The number of anilines is 2. The van der Waals surface area contributed by atoms with Gasteiger partial charge < -0.3 is 19.7 Å². The normalized spacial score (nSPS) is 12.6. The molecule has 2 amide bonds. The zero-order valence-electron chi connectivity index (χ0n) is 22.1. The summed E-state index contributed by atoms with van der Waals surface area (Å²) in [5.41, 5.74) is 3.45. The van der Waals surface area contributed by atoms with Crippen molar-refractivity contribution < 1.29 is 19.1 Å². The predicted molar refractivity (Wildman–Crippen MR) is 158 cm³/mol. The molecule has 1 heterocycles. The van der Waals surface area contributed by atoms with E-state index in [-0.39, 0.29) is 30.8 Å². The van der Waals surface area contributed by atoms with E-state index in [1.165, 1.54) is 0 Å². The number of carbonyl (C=O) groups excluding carboxylic acids is 2. The van der Waals surface area contributed by atoms with Crippen LogP contribution in [-0.2, 0) is 9.59 Å². The molecule has 6 nitrogen and oxygen atoms in total. The molecule has 1 N–H and O–H groups in total. The molecule has 7 heteroatoms. The van der Waals surface area contributed by atoms with Crippen LogP contribution >= 0.6 is 11.6 Å². The highest BCUT2D eigenvalue weighted by molar-refractivity contribution is 6.30. The fourth-order valence-corrected chi connectivity index (χ4v) is 4.94. The summed E-state index contributed by atoms with van der Waals surface area (Å²) in [6.45, 7) is 1.06. The molecule has 40 heavy (non-hydrogen) atoms. The summed E-state index contributed by atoms with van der Waals surface area (Å²) in [6.07, 6.45) is 1.82. The standard InChI is InChI=1S/C33H31ClN2O4/c34-26-13-16-28(17-14-26)39-20-8-7-19-36-30-21-27(15-18-31(30)40-23-33(36)38)35-32(37)22-29(24-9-3-1-4-10-24)25-11-5-2-6-12-25/h1-6,9-18,21,29H,7-8,19-20,22-23H2,(H,35,37). The van der Waals surface area contributed by atoms with E-state index in [9.17, 15) is 9.59 Å². The SMILES string of the molecule is O=C(CC(c1ccccc1)c1ccccc1)Nc1ccc2c(c1)N(CCCCOc1ccc(Cl)cc1)C(=O)CO2. The molecule has 0 spiro atoms. The number of carbonyl (C=O) groups is 2. The number of nitrogens with zero attached hydrogens (tertiary/aromatic N) is 1. The summed E-state index contributed by atoms with van der Waals surface area (Å²) in [6, 6.07) is 32.8. The third-order valence-corrected chi connectivity index (χ3v) is 7.09. The molecule has 0 radical (unpaired) electrons. The Morgan fingerprint density at radius 3 is 2.25 bits per heavy atom. The van der Waals surface area contributed by atoms with E-state index < -0.39 is 0 Å². The zero-order chi connectivity index (χ0) is 27.7. The minimum Gasteiger partial charge on any atom is -0.494 e. The van der Waals surface area contributed by atoms with Gasteiger partial charge in [-0.1, -0.05) is 72.3 Å². The van der Waals surface area contributed by atoms with E-state index in [2.05, 4.69) is 5.32 Å². The Balaban J connectivity index is 1.22. The maximum atomic E-state index is 13.2. The molecule has 0 atom stereocenters. The van der Waals surface area contributed by atoms with Gasteiger partial charge in [0, 0.05) is 29.6 Å². The van der Waals surface area contributed by atoms with E-state index in [0.29, 0.717) is 35.3 Å². The first-order valence-electron chi connectivity index (χ1n) is 13.4. The molecule has 0 saturated carbocycles. The van der Waals surface area contributed by atoms with Gasteiger partial charge in [-0.25, -0.2) is 0 Å². The fraction of sp³-hybridized carbons (Fsp3) is 0.212. The number of fused-ring (bicyclic) bond motifs is 1. The molecule has 0 aliphatic carbocycles. The predicted octanol–water partition coefficient (Wildman–Crippen LogP) is 7.09. The summed E-state index contributed by atoms with van der Waals surface area (Å²) in [5, 5.41) is 3.70. The topological polar surface area (TPSA) is 67.9 Å². The summed E-state index contributed by atoms with van der Waals surface area (Å²) in [4.78, 5) is 27.7. The monoisotopic (exact) mass is 554 g/mol. The molecule has 0 unspecified atom stereocenters. The third-order valence-electron chi connectivity index (χ3n) is 6.84. The molecule has 0 fully saturated rings. The summed E-state index contributed by atoms with van der Waals surface area (Å²) >= 11 is 5.92. The Morgan fingerprint density at radius 1 is 0.900 bits per heavy atom. The van der Waals surface area contributed by atoms with Crippen LogP contribution in [0, 0.1) is 0 Å². The average Bonchev–Trinajstić information content (AvgIpc) is 2.98. The van der Waals surface area contributed by atoms with E-state index in [1.54, 1.807) is 23.1 Å². The lowest BCUT2D eigenvalue weighted by Gasteiger charge is -2.30. The van der Waals surface area contributed by atoms with Crippen molar-refractivity contribution in [2.24, 2.45) is 0 Å². The third kappa shape index (κ3) is 7.01. The van der Waals surface area contributed by atoms with Crippen molar-refractivity contribution in [1.82, 2.24) is 0 Å². The summed E-state index contributed by atoms with van der Waals surface area (Å²) < 4.78 is 11.4. The number of hydrogen-bond donors (Lipinski definition) is 1. The Labute approximate surface area is 239 Å². The number of nitrogens with one attached hydrogen (secondary N) is 1. The first-order valence-corrected chi connectivity index (χ1v) is 13.8. The van der Waals surface area contributed by atoms with Crippen molar-refractivity contribution >= 4 is 34.8 Å². The van der Waals surface area contributed by atoms with Gasteiger partial charge in [-0.15, -0.1) is 0 Å². The summed E-state index contributed by atoms with van der Waals surface area (Å²) in [7, 11) is 0. The van der Waals surface area contributed by atoms with Gasteiger partial charge in [-0.2, -0.15) is 0 Å². The van der Waals surface area contributed by atoms with Crippen molar-refractivity contribution in [2.75, 3.05) is 30.0 Å². The number of benzene rings is 4. The van der Waals surface area contributed by atoms with Gasteiger partial charge in [0.2, 0.25) is 5.91 Å². The highest BCUT2D eigenvalue weighted by atomic mass is 35.5. The molecule has 204 valence electrons. The summed E-state index contributed by atoms with van der Waals surface area (Å²) in [5.74, 6) is 1.10. The van der Waals surface area contributed by atoms with Gasteiger partial charge in [0.05, 0.1) is 12.3 Å². The highest BCUT2D eigenvalue weighted by Crippen LogP contribution is 2.35. The molecule has 0 saturated heterocycles. The van der Waals surface area contributed by atoms with Crippen LogP contribution in [0.2, 0.25) is 5.02 Å². The van der Waals surface area contributed by atoms with Crippen LogP contribution in [0.4, 0.5) is 11.4 Å². The van der Waals surface area contributed by atoms with Gasteiger partial charge in [0.1, 0.15) is 11.5 Å². The average molecular weight is 555 g/mol. The number of ether oxygens (including phenoxy) is 2. The van der Waals surface area contributed by atoms with Gasteiger partial charge in [0.25, 0.3) is 5.91 Å². The van der Waals surface area contributed by atoms with Crippen molar-refractivity contribution in [3.8, 4) is 11.5 Å². The van der Waals surface area contributed by atoms with Crippen LogP contribution < -0.4 is 19.7 Å². The number of rotatable bonds is 11. The van der Waals surface area contributed by atoms with Gasteiger partial charge in [-0.3, -0.25) is 9.59 Å². The molecular formula is C33H31ClN2O4. The van der Waals surface area contributed by atoms with E-state index in [1.807, 2.05) is 84.9 Å². The quantitative estimate of drug-likeness (QED) is 0.201. The van der Waals surface area contributed by atoms with Crippen molar-refractivity contribution in [1.29, 1.82) is 0 Å². The van der Waals surface area contributed by atoms with Crippen molar-refractivity contribution in [2.45, 2.75) is 25.2 Å². The van der Waals surface area contributed by atoms with Gasteiger partial charge in [0.15, 0.2) is 6.61 Å². The lowest BCUT2D eigenvalue weighted by molar-refractivity contribution is -0.121. The van der Waals surface area contributed by atoms with Crippen LogP contribution in [0.1, 0.15) is 36.3 Å². The number of halogens is 1. The molecule has 4 aromatic rings. The first-order chi connectivity index (χ1) is 19.6. The lowest BCUT2D eigenvalue weighted by Crippen LogP contribution is -2.39. The Bertz CT molecular complexity index is 1390. The van der Waals surface area contributed by atoms with Crippen LogP contribution in [0.15, 0.2) is 103 Å². The Kier molecular flexibility index (Phi) is 8.99. The van der Waals surface area contributed by atoms with Gasteiger partial charge in [-0.05, 0) is 66.4 Å². The van der Waals surface area contributed by atoms with Crippen molar-refractivity contribution in [3.63, 3.8) is 0 Å². The van der Waals surface area contributed by atoms with Crippen LogP contribution in [0.5, 0.6) is 11.5 Å². The number of amides is 2. The Morgan fingerprint density at radius 2 is 1.57 bits per heavy atom. The maximum absolute atomic E-state index is 13.2. The molecular weight excluding hydrogens is 524 g/mol. The van der Waals surface area contributed by atoms with E-state index in [0.717, 1.165) is 29.7 Å². The van der Waals surface area contributed by atoms with Crippen molar-refractivity contribution in [3.05, 3.63) is 119 Å². The second-order valence-corrected chi connectivity index (χ2v) is 10.1. The van der Waals surface area contributed by atoms with Crippen LogP contribution in [0.3, 0.4) is 0 Å². The molecule has 4 aromatic carbocycles. The maximum Gasteiger partial charge on any atom is 0.265 e. The lowest BCUT2D eigenvalue weighted by atomic mass is 9.88. The number of hydrogen-bond acceptors (Lipinski definition) is 4. The Hall–Kier alpha value is -4.29. The van der Waals surface area contributed by atoms with Crippen LogP contribution in [-0.4, -0.2) is 31.6 Å². The largest absolute Gasteiger partial charge is 0.494 e. The molecule has 1 aliphatic rings. The fourth-order valence-electron chi connectivity index (χ4n) is 4.81. The minimum absolute atomic E-state index is 0.00415. The first kappa shape index (κ1) is 27.3. The molecule has 5 rings (SSSR count). The zero-order valence-corrected chi connectivity index (χ0v) is 22.8. The highest BCUT2D eigenvalue weighted by Gasteiger charge is 2.26. The van der Waals surface area contributed by atoms with Crippen LogP contribution in [0.25, 0.3) is 0 Å². The number of unbranched alkanes of at least 4 members (excludes halogenated alkanes) is 1. The molecule has 1 aliphatic heterocycles. The smallest absolute Gasteiger partial charge is 0.265 e.